The zero-order valence-corrected chi connectivity index (χ0v) is 28.5. The van der Waals surface area contributed by atoms with Crippen molar-refractivity contribution in [2.75, 3.05) is 19.7 Å². The van der Waals surface area contributed by atoms with Gasteiger partial charge in [-0.15, -0.1) is 0 Å². The molecule has 7 nitrogen and oxygen atoms in total. The van der Waals surface area contributed by atoms with E-state index in [4.69, 9.17) is 16.3 Å². The predicted molar refractivity (Wildman–Crippen MR) is 184 cm³/mol. The summed E-state index contributed by atoms with van der Waals surface area (Å²) in [4.78, 5) is 32.1. The summed E-state index contributed by atoms with van der Waals surface area (Å²) in [5.74, 6) is -4.66. The van der Waals surface area contributed by atoms with Gasteiger partial charge in [0.15, 0.2) is 17.4 Å². The summed E-state index contributed by atoms with van der Waals surface area (Å²) in [5, 5.41) is 14.8. The van der Waals surface area contributed by atoms with Crippen molar-refractivity contribution in [3.63, 3.8) is 0 Å². The third-order valence-electron chi connectivity index (χ3n) is 10.5. The van der Waals surface area contributed by atoms with Crippen molar-refractivity contribution < 1.29 is 32.6 Å². The van der Waals surface area contributed by atoms with Crippen LogP contribution in [0.1, 0.15) is 61.6 Å². The number of halogens is 4. The zero-order valence-electron chi connectivity index (χ0n) is 27.7. The number of hydrogen-bond donors (Lipinski definition) is 2. The molecule has 2 N–H and O–H groups in total. The first kappa shape index (κ1) is 34.6. The average Bonchev–Trinajstić information content (AvgIpc) is 3.87. The van der Waals surface area contributed by atoms with Gasteiger partial charge in [0.1, 0.15) is 0 Å². The quantitative estimate of drug-likeness (QED) is 0.177. The zero-order chi connectivity index (χ0) is 34.9. The summed E-state index contributed by atoms with van der Waals surface area (Å²) in [6, 6.07) is 16.8. The molecule has 1 saturated heterocycles. The molecule has 50 heavy (non-hydrogen) atoms. The lowest BCUT2D eigenvalue weighted by Gasteiger charge is -2.45. The number of aliphatic hydroxyl groups is 1. The van der Waals surface area contributed by atoms with Gasteiger partial charge in [0.05, 0.1) is 24.7 Å². The number of benzene rings is 3. The predicted octanol–water partition coefficient (Wildman–Crippen LogP) is 6.45. The molecule has 11 heteroatoms. The van der Waals surface area contributed by atoms with E-state index in [0.29, 0.717) is 62.3 Å². The van der Waals surface area contributed by atoms with Crippen LogP contribution in [0.3, 0.4) is 0 Å². The lowest BCUT2D eigenvalue weighted by Crippen LogP contribution is -2.63. The number of rotatable bonds is 11. The molecule has 2 heterocycles. The van der Waals surface area contributed by atoms with Crippen molar-refractivity contribution in [1.82, 2.24) is 15.1 Å². The van der Waals surface area contributed by atoms with E-state index in [-0.39, 0.29) is 36.5 Å². The van der Waals surface area contributed by atoms with Gasteiger partial charge >= 0.3 is 0 Å². The van der Waals surface area contributed by atoms with Crippen LogP contribution < -0.4 is 10.1 Å². The molecular formula is C39H41ClF3N3O4. The van der Waals surface area contributed by atoms with E-state index in [1.54, 1.807) is 0 Å². The minimum atomic E-state index is -1.34. The molecule has 3 fully saturated rings. The van der Waals surface area contributed by atoms with Crippen LogP contribution in [-0.2, 0) is 22.6 Å². The summed E-state index contributed by atoms with van der Waals surface area (Å²) in [6.45, 7) is 1.24. The number of fused-ring (bicyclic) bond motifs is 2. The van der Waals surface area contributed by atoms with E-state index in [2.05, 4.69) is 5.32 Å². The van der Waals surface area contributed by atoms with Crippen molar-refractivity contribution >= 4 is 29.0 Å². The monoisotopic (exact) mass is 707 g/mol. The first-order valence-electron chi connectivity index (χ1n) is 17.5. The average molecular weight is 708 g/mol. The maximum Gasteiger partial charge on any atom is 0.252 e. The number of carbonyl (C=O) groups is 2. The molecule has 3 aromatic rings. The lowest BCUT2D eigenvalue weighted by atomic mass is 9.82. The summed E-state index contributed by atoms with van der Waals surface area (Å²) in [7, 11) is 0. The number of aryl methyl sites for hydroxylation is 1. The molecule has 4 atom stereocenters. The fourth-order valence-electron chi connectivity index (χ4n) is 7.69. The van der Waals surface area contributed by atoms with E-state index >= 15 is 0 Å². The van der Waals surface area contributed by atoms with Crippen molar-refractivity contribution in [1.29, 1.82) is 0 Å². The minimum Gasteiger partial charge on any atom is -0.488 e. The Labute approximate surface area is 295 Å². The van der Waals surface area contributed by atoms with Crippen molar-refractivity contribution in [3.8, 4) is 5.75 Å². The van der Waals surface area contributed by atoms with Crippen LogP contribution in [-0.4, -0.2) is 70.6 Å². The molecular weight excluding hydrogens is 667 g/mol. The van der Waals surface area contributed by atoms with Crippen LogP contribution in [0.4, 0.5) is 13.2 Å². The Morgan fingerprint density at radius 2 is 1.72 bits per heavy atom. The molecule has 0 unspecified atom stereocenters. The van der Waals surface area contributed by atoms with Gasteiger partial charge in [-0.25, -0.2) is 8.78 Å². The summed E-state index contributed by atoms with van der Waals surface area (Å²) in [5.41, 5.74) is 4.39. The minimum absolute atomic E-state index is 0.00736. The van der Waals surface area contributed by atoms with Gasteiger partial charge in [-0.2, -0.15) is 4.39 Å². The smallest absolute Gasteiger partial charge is 0.252 e. The highest BCUT2D eigenvalue weighted by atomic mass is 35.5. The molecule has 2 saturated carbocycles. The number of ether oxygens (including phenoxy) is 1. The van der Waals surface area contributed by atoms with Gasteiger partial charge in [0.2, 0.25) is 11.7 Å². The lowest BCUT2D eigenvalue weighted by molar-refractivity contribution is -0.140. The molecule has 2 amide bonds. The Morgan fingerprint density at radius 3 is 2.44 bits per heavy atom. The number of nitrogens with one attached hydrogen (secondary N) is 1. The molecule has 0 radical (unpaired) electrons. The largest absolute Gasteiger partial charge is 0.488 e. The maximum absolute atomic E-state index is 14.7. The number of aliphatic hydroxyl groups excluding tert-OH is 1. The SMILES string of the molecule is O=C([C@@H]1CCC[C@@H]1O)N1C[C@H]2CC(c3ccc(CCCOc4c(F)ccc(F)c4F)cc3)=C(C(=O)N(Cc3ccccc3Cl)C3CC3)[C@@H](C1)N2. The second-order valence-electron chi connectivity index (χ2n) is 13.9. The van der Waals surface area contributed by atoms with E-state index in [9.17, 15) is 27.9 Å². The van der Waals surface area contributed by atoms with Gasteiger partial charge in [-0.1, -0.05) is 54.1 Å². The first-order chi connectivity index (χ1) is 24.2. The number of piperazine rings is 1. The Bertz CT molecular complexity index is 1780. The van der Waals surface area contributed by atoms with Crippen LogP contribution in [0.2, 0.25) is 5.02 Å². The van der Waals surface area contributed by atoms with Gasteiger partial charge < -0.3 is 25.0 Å². The second kappa shape index (κ2) is 14.8. The van der Waals surface area contributed by atoms with Gasteiger partial charge in [0, 0.05) is 42.3 Å². The summed E-state index contributed by atoms with van der Waals surface area (Å²) in [6.07, 6.45) is 4.92. The molecule has 7 rings (SSSR count). The normalized spacial score (nSPS) is 23.3. The molecule has 2 aliphatic heterocycles. The fraction of sp³-hybridized carbons (Fsp3) is 0.436. The molecule has 2 aliphatic carbocycles. The number of amides is 2. The Morgan fingerprint density at radius 1 is 0.960 bits per heavy atom. The van der Waals surface area contributed by atoms with Crippen molar-refractivity contribution in [2.45, 2.75) is 82.1 Å². The standard InChI is InChI=1S/C39H41ClF3N3O4/c40-30-8-2-1-6-25(30)20-46(27-14-15-27)39(49)35-29(19-26-21-45(22-33(35)44-26)38(48)28-7-3-9-34(28)47)24-12-10-23(11-13-24)5-4-18-50-37-32(42)17-16-31(41)36(37)43/h1-2,6,8,10-13,16-17,26-28,33-34,44,47H,3-5,7,9,14-15,18-22H2/t26-,28-,33-,34+/m1/s1. The molecule has 4 aliphatic rings. The molecule has 0 spiro atoms. The van der Waals surface area contributed by atoms with E-state index in [0.717, 1.165) is 53.7 Å². The third-order valence-corrected chi connectivity index (χ3v) is 10.8. The Kier molecular flexibility index (Phi) is 10.2. The topological polar surface area (TPSA) is 82.1 Å². The highest BCUT2D eigenvalue weighted by Gasteiger charge is 2.45. The van der Waals surface area contributed by atoms with Gasteiger partial charge in [-0.3, -0.25) is 9.59 Å². The Hall–Kier alpha value is -3.86. The summed E-state index contributed by atoms with van der Waals surface area (Å²) >= 11 is 6.55. The number of hydrogen-bond acceptors (Lipinski definition) is 5. The number of nitrogens with zero attached hydrogens (tertiary/aromatic N) is 2. The van der Waals surface area contributed by atoms with Crippen LogP contribution in [0.15, 0.2) is 66.2 Å². The number of carbonyl (C=O) groups excluding carboxylic acids is 2. The summed E-state index contributed by atoms with van der Waals surface area (Å²) < 4.78 is 46.7. The van der Waals surface area contributed by atoms with Crippen molar-refractivity contribution in [3.05, 3.63) is 105 Å². The van der Waals surface area contributed by atoms with E-state index in [1.165, 1.54) is 0 Å². The molecule has 0 aromatic heterocycles. The van der Waals surface area contributed by atoms with Gasteiger partial charge in [-0.05, 0) is 91.8 Å². The van der Waals surface area contributed by atoms with E-state index in [1.807, 2.05) is 58.3 Å². The first-order valence-corrected chi connectivity index (χ1v) is 17.9. The highest BCUT2D eigenvalue weighted by molar-refractivity contribution is 6.31. The van der Waals surface area contributed by atoms with Crippen LogP contribution in [0.5, 0.6) is 5.75 Å². The van der Waals surface area contributed by atoms with Crippen molar-refractivity contribution in [2.24, 2.45) is 5.92 Å². The second-order valence-corrected chi connectivity index (χ2v) is 14.3. The molecule has 3 aromatic carbocycles. The van der Waals surface area contributed by atoms with Gasteiger partial charge in [0.25, 0.3) is 5.91 Å². The van der Waals surface area contributed by atoms with Crippen LogP contribution in [0.25, 0.3) is 5.57 Å². The Balaban J connectivity index is 1.13. The maximum atomic E-state index is 14.7. The molecule has 2 bridgehead atoms. The third kappa shape index (κ3) is 7.29. The van der Waals surface area contributed by atoms with E-state index < -0.39 is 35.2 Å². The van der Waals surface area contributed by atoms with Crippen LogP contribution in [0, 0.1) is 23.4 Å². The van der Waals surface area contributed by atoms with Crippen LogP contribution >= 0.6 is 11.6 Å². The fourth-order valence-corrected chi connectivity index (χ4v) is 7.89. The molecule has 264 valence electrons. The highest BCUT2D eigenvalue weighted by Crippen LogP contribution is 2.39.